The van der Waals surface area contributed by atoms with Gasteiger partial charge in [0.15, 0.2) is 0 Å². The number of carboxylic acids is 2. The molecule has 1 aromatic rings. The molecule has 0 radical (unpaired) electrons. The second kappa shape index (κ2) is 10.8. The predicted molar refractivity (Wildman–Crippen MR) is 110 cm³/mol. The summed E-state index contributed by atoms with van der Waals surface area (Å²) >= 11 is 0. The van der Waals surface area contributed by atoms with E-state index in [9.17, 15) is 9.59 Å². The number of aliphatic carboxylic acids is 2. The highest BCUT2D eigenvalue weighted by Gasteiger charge is 2.27. The number of nitrogens with zero attached hydrogens (tertiary/aromatic N) is 1. The van der Waals surface area contributed by atoms with E-state index in [1.54, 1.807) is 7.11 Å². The molecule has 0 saturated carbocycles. The quantitative estimate of drug-likeness (QED) is 0.633. The smallest absolute Gasteiger partial charge is 0.328 e. The topological polar surface area (TPSA) is 108 Å². The molecule has 29 heavy (non-hydrogen) atoms. The second-order valence-electron chi connectivity index (χ2n) is 7.11. The Morgan fingerprint density at radius 3 is 2.55 bits per heavy atom. The Labute approximate surface area is 171 Å². The molecule has 0 amide bonds. The van der Waals surface area contributed by atoms with E-state index in [1.807, 2.05) is 0 Å². The number of fused-ring (bicyclic) bond motifs is 2. The number of carboxylic acid groups (broad SMARTS) is 2. The summed E-state index contributed by atoms with van der Waals surface area (Å²) in [5.74, 6) is -1.46. The molecule has 0 bridgehead atoms. The molecule has 8 heteroatoms. The minimum Gasteiger partial charge on any atom is -0.487 e. The molecule has 0 aromatic heterocycles. The van der Waals surface area contributed by atoms with Crippen LogP contribution in [0.15, 0.2) is 18.2 Å². The van der Waals surface area contributed by atoms with E-state index in [2.05, 4.69) is 30.1 Å². The Morgan fingerprint density at radius 1 is 1.28 bits per heavy atom. The second-order valence-corrected chi connectivity index (χ2v) is 7.11. The van der Waals surface area contributed by atoms with E-state index < -0.39 is 11.9 Å². The molecular formula is C21H30N2O6. The van der Waals surface area contributed by atoms with Crippen LogP contribution < -0.4 is 15.0 Å². The highest BCUT2D eigenvalue weighted by Crippen LogP contribution is 2.40. The van der Waals surface area contributed by atoms with E-state index in [4.69, 9.17) is 19.7 Å². The highest BCUT2D eigenvalue weighted by atomic mass is 16.5. The summed E-state index contributed by atoms with van der Waals surface area (Å²) in [6, 6.07) is 2.28. The van der Waals surface area contributed by atoms with Gasteiger partial charge in [-0.3, -0.25) is 0 Å². The van der Waals surface area contributed by atoms with E-state index >= 15 is 0 Å². The van der Waals surface area contributed by atoms with Gasteiger partial charge in [-0.25, -0.2) is 9.59 Å². The molecule has 1 aromatic carbocycles. The maximum absolute atomic E-state index is 9.55. The zero-order valence-corrected chi connectivity index (χ0v) is 17.2. The summed E-state index contributed by atoms with van der Waals surface area (Å²) in [5, 5.41) is 19.1. The zero-order valence-electron chi connectivity index (χ0n) is 17.2. The van der Waals surface area contributed by atoms with Crippen molar-refractivity contribution < 1.29 is 29.3 Å². The summed E-state index contributed by atoms with van der Waals surface area (Å²) < 4.78 is 11.4. The first-order valence-electron chi connectivity index (χ1n) is 9.74. The van der Waals surface area contributed by atoms with Crippen LogP contribution in [0, 0.1) is 6.92 Å². The Kier molecular flexibility index (Phi) is 8.48. The Balaban J connectivity index is 0.000000321. The first-order valence-corrected chi connectivity index (χ1v) is 9.74. The van der Waals surface area contributed by atoms with E-state index in [0.29, 0.717) is 12.2 Å². The summed E-state index contributed by atoms with van der Waals surface area (Å²) in [6.45, 7) is 9.15. The average Bonchev–Trinajstić information content (AvgIpc) is 2.90. The predicted octanol–water partition coefficient (Wildman–Crippen LogP) is 1.63. The van der Waals surface area contributed by atoms with Crippen LogP contribution >= 0.6 is 0 Å². The van der Waals surface area contributed by atoms with Crippen molar-refractivity contribution in [1.82, 2.24) is 5.32 Å². The molecule has 3 rings (SSSR count). The van der Waals surface area contributed by atoms with Gasteiger partial charge in [-0.1, -0.05) is 0 Å². The van der Waals surface area contributed by atoms with Gasteiger partial charge in [0, 0.05) is 25.8 Å². The molecule has 1 unspecified atom stereocenters. The summed E-state index contributed by atoms with van der Waals surface area (Å²) in [5.41, 5.74) is 5.65. The summed E-state index contributed by atoms with van der Waals surface area (Å²) in [7, 11) is 1.76. The lowest BCUT2D eigenvalue weighted by Gasteiger charge is -2.37. The van der Waals surface area contributed by atoms with Gasteiger partial charge in [0.05, 0.1) is 18.8 Å². The van der Waals surface area contributed by atoms with Gasteiger partial charge >= 0.3 is 11.9 Å². The molecule has 0 saturated heterocycles. The first-order chi connectivity index (χ1) is 13.8. The fourth-order valence-electron chi connectivity index (χ4n) is 3.70. The molecule has 0 spiro atoms. The third-order valence-electron chi connectivity index (χ3n) is 4.91. The molecule has 8 nitrogen and oxygen atoms in total. The lowest BCUT2D eigenvalue weighted by molar-refractivity contribution is -0.134. The number of benzene rings is 1. The van der Waals surface area contributed by atoms with Crippen molar-refractivity contribution in [3.8, 4) is 5.75 Å². The SMILES string of the molecule is COCCN1CC(C)Oc2cc3c(c(C)c21)CCNCC3.O=C(O)/C=C/C(=O)O. The third kappa shape index (κ3) is 6.47. The minimum absolute atomic E-state index is 0.232. The third-order valence-corrected chi connectivity index (χ3v) is 4.91. The number of anilines is 1. The number of carbonyl (C=O) groups is 2. The number of nitrogens with one attached hydrogen (secondary N) is 1. The van der Waals surface area contributed by atoms with E-state index in [1.165, 1.54) is 22.4 Å². The van der Waals surface area contributed by atoms with Crippen LogP contribution in [0.25, 0.3) is 0 Å². The van der Waals surface area contributed by atoms with Gasteiger partial charge in [-0.2, -0.15) is 0 Å². The van der Waals surface area contributed by atoms with Crippen LogP contribution in [-0.4, -0.2) is 68.2 Å². The average molecular weight is 406 g/mol. The summed E-state index contributed by atoms with van der Waals surface area (Å²) in [4.78, 5) is 21.5. The molecule has 2 heterocycles. The molecule has 2 aliphatic heterocycles. The van der Waals surface area contributed by atoms with Crippen LogP contribution in [0.1, 0.15) is 23.6 Å². The van der Waals surface area contributed by atoms with Crippen LogP contribution in [0.5, 0.6) is 5.75 Å². The number of hydrogen-bond acceptors (Lipinski definition) is 6. The van der Waals surface area contributed by atoms with Gasteiger partial charge in [0.25, 0.3) is 0 Å². The maximum atomic E-state index is 9.55. The van der Waals surface area contributed by atoms with Crippen molar-refractivity contribution in [1.29, 1.82) is 0 Å². The van der Waals surface area contributed by atoms with Gasteiger partial charge < -0.3 is 29.9 Å². The highest BCUT2D eigenvalue weighted by molar-refractivity contribution is 5.89. The summed E-state index contributed by atoms with van der Waals surface area (Å²) in [6.07, 6.45) is 3.56. The lowest BCUT2D eigenvalue weighted by Crippen LogP contribution is -2.40. The fourth-order valence-corrected chi connectivity index (χ4v) is 3.70. The standard InChI is InChI=1S/C17H26N2O2.C4H4O4/c1-12-11-19(8-9-20-3)17-13(2)15-5-7-18-6-4-14(15)10-16(17)21-12;5-3(6)1-2-4(7)8/h10,12,18H,4-9,11H2,1-3H3;1-2H,(H,5,6)(H,7,8)/b;2-1+. The fraction of sp³-hybridized carbons (Fsp3) is 0.524. The molecular weight excluding hydrogens is 376 g/mol. The number of hydrogen-bond donors (Lipinski definition) is 3. The van der Waals surface area contributed by atoms with Crippen LogP contribution in [0.3, 0.4) is 0 Å². The van der Waals surface area contributed by atoms with Crippen molar-refractivity contribution in [2.45, 2.75) is 32.8 Å². The Morgan fingerprint density at radius 2 is 1.93 bits per heavy atom. The van der Waals surface area contributed by atoms with Crippen molar-refractivity contribution in [3.63, 3.8) is 0 Å². The molecule has 3 N–H and O–H groups in total. The van der Waals surface area contributed by atoms with Crippen molar-refractivity contribution in [3.05, 3.63) is 34.9 Å². The van der Waals surface area contributed by atoms with Gasteiger partial charge in [-0.15, -0.1) is 0 Å². The molecule has 0 fully saturated rings. The lowest BCUT2D eigenvalue weighted by atomic mass is 9.94. The molecule has 1 atom stereocenters. The number of methoxy groups -OCH3 is 1. The van der Waals surface area contributed by atoms with E-state index in [-0.39, 0.29) is 6.10 Å². The maximum Gasteiger partial charge on any atom is 0.328 e. The monoisotopic (exact) mass is 406 g/mol. The molecule has 2 aliphatic rings. The Bertz CT molecular complexity index is 746. The minimum atomic E-state index is -1.26. The zero-order chi connectivity index (χ0) is 21.4. The van der Waals surface area contributed by atoms with Crippen molar-refractivity contribution >= 4 is 17.6 Å². The van der Waals surface area contributed by atoms with Gasteiger partial charge in [-0.05, 0) is 62.5 Å². The number of rotatable bonds is 5. The Hall–Kier alpha value is -2.58. The molecule has 0 aliphatic carbocycles. The number of ether oxygens (including phenoxy) is 2. The largest absolute Gasteiger partial charge is 0.487 e. The molecule has 160 valence electrons. The van der Waals surface area contributed by atoms with Crippen LogP contribution in [-0.2, 0) is 27.2 Å². The van der Waals surface area contributed by atoms with Gasteiger partial charge in [0.1, 0.15) is 11.9 Å². The van der Waals surface area contributed by atoms with Crippen LogP contribution in [0.2, 0.25) is 0 Å². The first kappa shape index (κ1) is 22.7. The van der Waals surface area contributed by atoms with Gasteiger partial charge in [0.2, 0.25) is 0 Å². The van der Waals surface area contributed by atoms with Crippen LogP contribution in [0.4, 0.5) is 5.69 Å². The van der Waals surface area contributed by atoms with Crippen molar-refractivity contribution in [2.24, 2.45) is 0 Å². The van der Waals surface area contributed by atoms with Crippen molar-refractivity contribution in [2.75, 3.05) is 44.8 Å². The normalized spacial score (nSPS) is 18.0. The van der Waals surface area contributed by atoms with E-state index in [0.717, 1.165) is 51.4 Å².